The minimum atomic E-state index is -4.21. The van der Waals surface area contributed by atoms with Crippen LogP contribution in [-0.2, 0) is 55.7 Å². The molecule has 9 atom stereocenters. The fourth-order valence-electron chi connectivity index (χ4n) is 10.6. The Kier molecular flexibility index (Phi) is 22.4. The Labute approximate surface area is 512 Å². The minimum absolute atomic E-state index is 0.00812. The summed E-state index contributed by atoms with van der Waals surface area (Å²) in [5.74, 6) is 0.00202. The quantitative estimate of drug-likeness (QED) is 0.0336. The molecule has 4 saturated heterocycles. The number of carbonyl (C=O) groups is 1. The van der Waals surface area contributed by atoms with Gasteiger partial charge in [0.15, 0.2) is 28.9 Å². The van der Waals surface area contributed by atoms with Gasteiger partial charge in [-0.3, -0.25) is 42.1 Å². The van der Waals surface area contributed by atoms with E-state index in [0.717, 1.165) is 0 Å². The van der Waals surface area contributed by atoms with Gasteiger partial charge in [0.2, 0.25) is 5.95 Å². The van der Waals surface area contributed by atoms with E-state index in [-0.39, 0.29) is 147 Å². The van der Waals surface area contributed by atoms with E-state index < -0.39 is 77.3 Å². The van der Waals surface area contributed by atoms with Gasteiger partial charge in [-0.1, -0.05) is 0 Å². The van der Waals surface area contributed by atoms with Gasteiger partial charge in [-0.15, -0.1) is 0 Å². The highest BCUT2D eigenvalue weighted by Gasteiger charge is 2.48. The van der Waals surface area contributed by atoms with Crippen LogP contribution in [-0.4, -0.2) is 289 Å². The summed E-state index contributed by atoms with van der Waals surface area (Å²) in [7, 11) is -2.51. The third kappa shape index (κ3) is 15.5. The fraction of sp³-hybridized carbons (Fsp3) is 0.694. The van der Waals surface area contributed by atoms with Crippen LogP contribution in [0.15, 0.2) is 40.8 Å². The number of nitrogens with zero attached hydrogens (tertiary/aromatic N) is 17. The number of imidazole rings is 2. The topological polar surface area (TPSA) is 418 Å². The van der Waals surface area contributed by atoms with Crippen LogP contribution in [0.4, 0.5) is 22.4 Å². The van der Waals surface area contributed by atoms with Crippen molar-refractivity contribution in [3.63, 3.8) is 0 Å². The largest absolute Gasteiger partial charge is 0.447 e. The number of hydrogen-bond donors (Lipinski definition) is 5. The molecule has 0 aliphatic carbocycles. The number of piperazine rings is 1. The van der Waals surface area contributed by atoms with Crippen LogP contribution in [0.1, 0.15) is 32.5 Å². The lowest BCUT2D eigenvalue weighted by Gasteiger charge is -2.45. The molecule has 9 unspecified atom stereocenters. The second kappa shape index (κ2) is 29.4. The van der Waals surface area contributed by atoms with Crippen molar-refractivity contribution >= 4 is 69.0 Å². The third-order valence-corrected chi connectivity index (χ3v) is 22.9. The molecule has 8 N–H and O–H groups in total. The first-order valence-corrected chi connectivity index (χ1v) is 33.4. The van der Waals surface area contributed by atoms with Crippen molar-refractivity contribution in [2.24, 2.45) is 0 Å². The first-order valence-electron chi connectivity index (χ1n) is 28.8. The Morgan fingerprint density at radius 2 is 1.17 bits per heavy atom. The van der Waals surface area contributed by atoms with E-state index in [4.69, 9.17) is 64.3 Å². The molecule has 37 nitrogen and oxygen atoms in total. The molecule has 494 valence electrons. The van der Waals surface area contributed by atoms with Gasteiger partial charge < -0.3 is 69.2 Å². The van der Waals surface area contributed by atoms with E-state index >= 15 is 9.13 Å². The smallest absolute Gasteiger partial charge is 0.409 e. The molecule has 9 rings (SSSR count). The molecule has 0 radical (unpaired) electrons. The van der Waals surface area contributed by atoms with Crippen LogP contribution in [0.5, 0.6) is 0 Å². The van der Waals surface area contributed by atoms with Crippen LogP contribution in [0, 0.1) is 0 Å². The first kappa shape index (κ1) is 67.9. The van der Waals surface area contributed by atoms with Crippen molar-refractivity contribution < 1.29 is 65.6 Å². The lowest BCUT2D eigenvalue weighted by atomic mass is 10.2. The Morgan fingerprint density at radius 3 is 1.73 bits per heavy atom. The molecule has 0 saturated carbocycles. The highest BCUT2D eigenvalue weighted by Crippen LogP contribution is 2.58. The van der Waals surface area contributed by atoms with Crippen molar-refractivity contribution in [3.05, 3.63) is 52.1 Å². The van der Waals surface area contributed by atoms with E-state index in [0.29, 0.717) is 24.3 Å². The van der Waals surface area contributed by atoms with E-state index in [1.54, 1.807) is 60.8 Å². The zero-order chi connectivity index (χ0) is 64.0. The molecule has 4 fully saturated rings. The molecule has 0 spiro atoms. The van der Waals surface area contributed by atoms with Gasteiger partial charge in [0.05, 0.1) is 96.9 Å². The molecule has 5 aromatic rings. The van der Waals surface area contributed by atoms with Crippen LogP contribution in [0.25, 0.3) is 22.3 Å². The van der Waals surface area contributed by atoms with Gasteiger partial charge in [-0.05, 0) is 62.2 Å². The highest BCUT2D eigenvalue weighted by molar-refractivity contribution is 7.54. The molecule has 9 heterocycles. The average Bonchev–Trinajstić information content (AvgIpc) is 1.87. The maximum atomic E-state index is 15.9. The van der Waals surface area contributed by atoms with Gasteiger partial charge in [0.25, 0.3) is 5.56 Å². The number of nitrogens with two attached hydrogens (primary N) is 3. The number of nitrogen functional groups attached to an aromatic ring is 3. The van der Waals surface area contributed by atoms with Crippen molar-refractivity contribution in [2.75, 3.05) is 184 Å². The normalized spacial score (nSPS) is 24.3. The lowest BCUT2D eigenvalue weighted by molar-refractivity contribution is -0.140. The molecule has 89 heavy (non-hydrogen) atoms. The van der Waals surface area contributed by atoms with Gasteiger partial charge >= 0.3 is 34.8 Å². The molecule has 40 heteroatoms. The monoisotopic (exact) mass is 1310 g/mol. The SMILES string of the molecule is CC(C)N1CC(COP(=O)(N(C)C)N2CC(COP(=O)(N(C)C)N3CC(COP(=O)(N(C)C)N4CCN(C(=O)OCCOCCOCCO)CC4)OC(n4ccc(N)nc4=O)C3)OC(n3cnc4c(N)ncnc43)C2)OC(n2cnc3c(=O)[nH]c(N)nc32)C1. The predicted octanol–water partition coefficient (Wildman–Crippen LogP) is -0.192. The summed E-state index contributed by atoms with van der Waals surface area (Å²) in [5.41, 5.74) is 17.8. The Balaban J connectivity index is 0.928. The standard InChI is InChI=1S/C49H82N21O16P3/c1-33(2)64-21-34(84-38(24-64)70-32-56-42-45(70)58-47(52)59-46(42)72)27-82-89(77,62(7)8)67-23-36(86-40(26-67)69-31-55-41-43(51)53-30-54-44(41)69)29-83-88(76,61(5)6)66-22-35(85-39(25-66)68-10-9-37(50)57-48(68)73)28-81-87(75,60(3)4)65-13-11-63(12-14-65)49(74)80-20-19-79-18-17-78-16-15-71/h9-10,30-36,38-40,71H,11-29H2,1-8H3,(H2,50,57,73)(H2,51,53,54)(H3,52,58,59,72). The molecule has 4 aliphatic heterocycles. The van der Waals surface area contributed by atoms with Crippen molar-refractivity contribution in [3.8, 4) is 0 Å². The number of rotatable bonds is 27. The Bertz CT molecular complexity index is 3480. The summed E-state index contributed by atoms with van der Waals surface area (Å²) in [6, 6.07) is 1.46. The van der Waals surface area contributed by atoms with Gasteiger partial charge in [-0.2, -0.15) is 9.97 Å². The number of hydrogen-bond acceptors (Lipinski definition) is 26. The molecule has 0 bridgehead atoms. The summed E-state index contributed by atoms with van der Waals surface area (Å²) >= 11 is 0. The number of ether oxygens (including phenoxy) is 6. The fourth-order valence-corrected chi connectivity index (χ4v) is 16.5. The number of carbonyl (C=O) groups excluding carboxylic acids is 1. The zero-order valence-corrected chi connectivity index (χ0v) is 53.8. The number of nitrogens with one attached hydrogen (secondary N) is 1. The summed E-state index contributed by atoms with van der Waals surface area (Å²) < 4.78 is 116. The van der Waals surface area contributed by atoms with Gasteiger partial charge in [-0.25, -0.2) is 57.5 Å². The summed E-state index contributed by atoms with van der Waals surface area (Å²) in [5, 5.41) is 8.85. The number of fused-ring (bicyclic) bond motifs is 2. The minimum Gasteiger partial charge on any atom is -0.447 e. The third-order valence-electron chi connectivity index (χ3n) is 15.2. The molecular weight excluding hydrogens is 1230 g/mol. The maximum Gasteiger partial charge on any atom is 0.409 e. The second-order valence-electron chi connectivity index (χ2n) is 22.2. The average molecular weight is 1310 g/mol. The van der Waals surface area contributed by atoms with Crippen LogP contribution < -0.4 is 28.5 Å². The van der Waals surface area contributed by atoms with Crippen molar-refractivity contribution in [2.45, 2.75) is 56.9 Å². The van der Waals surface area contributed by atoms with Gasteiger partial charge in [0, 0.05) is 64.6 Å². The molecular formula is C49H82N21O16P3. The van der Waals surface area contributed by atoms with Crippen LogP contribution in [0.2, 0.25) is 0 Å². The van der Waals surface area contributed by atoms with Crippen LogP contribution in [0.3, 0.4) is 0 Å². The van der Waals surface area contributed by atoms with Crippen LogP contribution >= 0.6 is 23.0 Å². The molecule has 1 amide bonds. The van der Waals surface area contributed by atoms with E-state index in [2.05, 4.69) is 39.8 Å². The maximum absolute atomic E-state index is 15.9. The van der Waals surface area contributed by atoms with Crippen molar-refractivity contribution in [1.82, 2.24) is 86.4 Å². The van der Waals surface area contributed by atoms with E-state index in [9.17, 15) is 18.9 Å². The summed E-state index contributed by atoms with van der Waals surface area (Å²) in [4.78, 5) is 70.9. The molecule has 0 aromatic carbocycles. The number of aromatic nitrogens is 10. The highest BCUT2D eigenvalue weighted by atomic mass is 31.2. The van der Waals surface area contributed by atoms with Crippen molar-refractivity contribution in [1.29, 1.82) is 0 Å². The Hall–Kier alpha value is -5.50. The zero-order valence-electron chi connectivity index (χ0n) is 51.1. The second-order valence-corrected chi connectivity index (χ2v) is 30.0. The summed E-state index contributed by atoms with van der Waals surface area (Å²) in [6.45, 7) is 5.05. The number of aliphatic hydroxyl groups is 1. The number of morpholine rings is 3. The number of anilines is 3. The number of H-pyrrole nitrogens is 1. The number of aliphatic hydroxyl groups excluding tert-OH is 1. The van der Waals surface area contributed by atoms with Gasteiger partial charge in [0.1, 0.15) is 36.7 Å². The molecule has 5 aromatic heterocycles. The number of amides is 1. The van der Waals surface area contributed by atoms with E-state index in [1.165, 1.54) is 59.4 Å². The molecule has 4 aliphatic rings. The number of aromatic amines is 1. The predicted molar refractivity (Wildman–Crippen MR) is 322 cm³/mol. The first-order chi connectivity index (χ1) is 42.4. The lowest BCUT2D eigenvalue weighted by Crippen LogP contribution is -2.51. The Morgan fingerprint density at radius 1 is 0.652 bits per heavy atom. The summed E-state index contributed by atoms with van der Waals surface area (Å²) in [6.07, 6.45) is -0.389. The van der Waals surface area contributed by atoms with E-state index in [1.807, 2.05) is 13.8 Å².